The third-order valence-corrected chi connectivity index (χ3v) is 4.67. The van der Waals surface area contributed by atoms with E-state index in [0.29, 0.717) is 23.0 Å². The maximum absolute atomic E-state index is 12.2. The van der Waals surface area contributed by atoms with E-state index in [9.17, 15) is 9.59 Å². The molecule has 0 aliphatic carbocycles. The number of benzene rings is 1. The molecule has 1 aliphatic heterocycles. The zero-order chi connectivity index (χ0) is 17.0. The molecule has 0 spiro atoms. The van der Waals surface area contributed by atoms with E-state index >= 15 is 0 Å². The van der Waals surface area contributed by atoms with Gasteiger partial charge in [0.05, 0.1) is 25.9 Å². The molecule has 0 aromatic heterocycles. The number of aryl methyl sites for hydroxylation is 1. The van der Waals surface area contributed by atoms with Crippen LogP contribution in [0.25, 0.3) is 0 Å². The first-order chi connectivity index (χ1) is 10.9. The number of carbonyl (C=O) groups excluding carboxylic acids is 2. The van der Waals surface area contributed by atoms with Gasteiger partial charge in [-0.1, -0.05) is 11.6 Å². The van der Waals surface area contributed by atoms with Crippen molar-refractivity contribution in [2.24, 2.45) is 11.7 Å². The van der Waals surface area contributed by atoms with Crippen LogP contribution >= 0.6 is 11.6 Å². The molecule has 4 N–H and O–H groups in total. The SMILES string of the molecule is COc1cc(Cl)c(C)cc1NC(=O)C[NH+]1CCC(C(N)=O)CC1. The molecule has 1 saturated heterocycles. The van der Waals surface area contributed by atoms with Crippen LogP contribution in [0.5, 0.6) is 5.75 Å². The maximum Gasteiger partial charge on any atom is 0.279 e. The zero-order valence-corrected chi connectivity index (χ0v) is 14.2. The average Bonchev–Trinajstić information content (AvgIpc) is 2.51. The fourth-order valence-electron chi connectivity index (χ4n) is 2.84. The number of nitrogens with one attached hydrogen (secondary N) is 2. The summed E-state index contributed by atoms with van der Waals surface area (Å²) in [7, 11) is 1.54. The van der Waals surface area contributed by atoms with Gasteiger partial charge >= 0.3 is 0 Å². The van der Waals surface area contributed by atoms with Crippen molar-refractivity contribution in [1.29, 1.82) is 0 Å². The highest BCUT2D eigenvalue weighted by Gasteiger charge is 2.27. The van der Waals surface area contributed by atoms with Crippen LogP contribution in [0.15, 0.2) is 12.1 Å². The van der Waals surface area contributed by atoms with Gasteiger partial charge < -0.3 is 20.7 Å². The monoisotopic (exact) mass is 340 g/mol. The average molecular weight is 341 g/mol. The van der Waals surface area contributed by atoms with Crippen LogP contribution in [0.2, 0.25) is 5.02 Å². The molecule has 2 amide bonds. The quantitative estimate of drug-likeness (QED) is 0.724. The summed E-state index contributed by atoms with van der Waals surface area (Å²) in [6.45, 7) is 3.78. The molecular formula is C16H23ClN3O3+. The number of rotatable bonds is 5. The summed E-state index contributed by atoms with van der Waals surface area (Å²) in [4.78, 5) is 24.6. The summed E-state index contributed by atoms with van der Waals surface area (Å²) in [6.07, 6.45) is 1.47. The Bertz CT molecular complexity index is 598. The van der Waals surface area contributed by atoms with Crippen LogP contribution < -0.4 is 20.7 Å². The van der Waals surface area contributed by atoms with Gasteiger partial charge in [0.1, 0.15) is 5.75 Å². The lowest BCUT2D eigenvalue weighted by atomic mass is 9.96. The summed E-state index contributed by atoms with van der Waals surface area (Å²) >= 11 is 6.06. The summed E-state index contributed by atoms with van der Waals surface area (Å²) < 4.78 is 5.26. The third-order valence-electron chi connectivity index (χ3n) is 4.26. The number of amides is 2. The number of methoxy groups -OCH3 is 1. The van der Waals surface area contributed by atoms with Gasteiger partial charge in [0.2, 0.25) is 5.91 Å². The number of halogens is 1. The number of nitrogens with two attached hydrogens (primary N) is 1. The van der Waals surface area contributed by atoms with E-state index in [0.717, 1.165) is 36.4 Å². The van der Waals surface area contributed by atoms with Gasteiger partial charge in [-0.2, -0.15) is 0 Å². The normalized spacial score (nSPS) is 20.8. The first-order valence-corrected chi connectivity index (χ1v) is 8.05. The highest BCUT2D eigenvalue weighted by Crippen LogP contribution is 2.30. The topological polar surface area (TPSA) is 85.9 Å². The first kappa shape index (κ1) is 17.6. The number of primary amides is 1. The second-order valence-electron chi connectivity index (χ2n) is 5.95. The third kappa shape index (κ3) is 4.59. The van der Waals surface area contributed by atoms with Crippen molar-refractivity contribution in [1.82, 2.24) is 0 Å². The van der Waals surface area contributed by atoms with E-state index in [1.807, 2.05) is 6.92 Å². The van der Waals surface area contributed by atoms with E-state index in [2.05, 4.69) is 5.32 Å². The van der Waals surface area contributed by atoms with Crippen molar-refractivity contribution in [2.75, 3.05) is 32.1 Å². The molecule has 6 nitrogen and oxygen atoms in total. The van der Waals surface area contributed by atoms with Crippen molar-refractivity contribution in [3.63, 3.8) is 0 Å². The molecule has 0 radical (unpaired) electrons. The second-order valence-corrected chi connectivity index (χ2v) is 6.36. The molecule has 0 bridgehead atoms. The van der Waals surface area contributed by atoms with Crippen LogP contribution in [0.4, 0.5) is 5.69 Å². The molecule has 1 heterocycles. The Kier molecular flexibility index (Phi) is 5.85. The Morgan fingerprint density at radius 1 is 1.39 bits per heavy atom. The molecule has 23 heavy (non-hydrogen) atoms. The number of hydrogen-bond acceptors (Lipinski definition) is 3. The Labute approximate surface area is 140 Å². The molecular weight excluding hydrogens is 318 g/mol. The van der Waals surface area contributed by atoms with E-state index in [4.69, 9.17) is 22.1 Å². The zero-order valence-electron chi connectivity index (χ0n) is 13.4. The van der Waals surface area contributed by atoms with Gasteiger partial charge in [0.25, 0.3) is 5.91 Å². The van der Waals surface area contributed by atoms with Gasteiger partial charge in [-0.05, 0) is 18.6 Å². The van der Waals surface area contributed by atoms with E-state index in [-0.39, 0.29) is 17.7 Å². The fraction of sp³-hybridized carbons (Fsp3) is 0.500. The second kappa shape index (κ2) is 7.66. The lowest BCUT2D eigenvalue weighted by Crippen LogP contribution is -3.14. The van der Waals surface area contributed by atoms with E-state index < -0.39 is 0 Å². The number of anilines is 1. The predicted octanol–water partition coefficient (Wildman–Crippen LogP) is 0.376. The smallest absolute Gasteiger partial charge is 0.279 e. The Balaban J connectivity index is 1.93. The molecule has 1 aromatic carbocycles. The molecule has 1 aromatic rings. The lowest BCUT2D eigenvalue weighted by Gasteiger charge is -2.27. The van der Waals surface area contributed by atoms with Gasteiger partial charge in [0.15, 0.2) is 6.54 Å². The maximum atomic E-state index is 12.2. The van der Waals surface area contributed by atoms with Crippen molar-refractivity contribution in [3.8, 4) is 5.75 Å². The summed E-state index contributed by atoms with van der Waals surface area (Å²) in [6, 6.07) is 3.49. The van der Waals surface area contributed by atoms with Crippen molar-refractivity contribution < 1.29 is 19.2 Å². The van der Waals surface area contributed by atoms with E-state index in [1.54, 1.807) is 12.1 Å². The highest BCUT2D eigenvalue weighted by atomic mass is 35.5. The number of hydrogen-bond donors (Lipinski definition) is 3. The molecule has 0 unspecified atom stereocenters. The fourth-order valence-corrected chi connectivity index (χ4v) is 2.99. The molecule has 126 valence electrons. The number of ether oxygens (including phenoxy) is 1. The lowest BCUT2D eigenvalue weighted by molar-refractivity contribution is -0.897. The predicted molar refractivity (Wildman–Crippen MR) is 88.9 cm³/mol. The van der Waals surface area contributed by atoms with Crippen molar-refractivity contribution in [3.05, 3.63) is 22.7 Å². The van der Waals surface area contributed by atoms with Gasteiger partial charge in [0, 0.05) is 29.8 Å². The minimum Gasteiger partial charge on any atom is -0.495 e. The largest absolute Gasteiger partial charge is 0.495 e. The van der Waals surface area contributed by atoms with Crippen LogP contribution in [-0.4, -0.2) is 38.6 Å². The number of piperidine rings is 1. The minimum absolute atomic E-state index is 0.0548. The Hall–Kier alpha value is -1.79. The van der Waals surface area contributed by atoms with Crippen molar-refractivity contribution >= 4 is 29.1 Å². The summed E-state index contributed by atoms with van der Waals surface area (Å²) in [5.74, 6) is 0.157. The van der Waals surface area contributed by atoms with Crippen LogP contribution in [0.1, 0.15) is 18.4 Å². The van der Waals surface area contributed by atoms with Crippen LogP contribution in [0.3, 0.4) is 0 Å². The number of likely N-dealkylation sites (tertiary alicyclic amines) is 1. The first-order valence-electron chi connectivity index (χ1n) is 7.67. The molecule has 1 aliphatic rings. The van der Waals surface area contributed by atoms with Crippen molar-refractivity contribution in [2.45, 2.75) is 19.8 Å². The van der Waals surface area contributed by atoms with Crippen LogP contribution in [0, 0.1) is 12.8 Å². The van der Waals surface area contributed by atoms with Crippen LogP contribution in [-0.2, 0) is 9.59 Å². The highest BCUT2D eigenvalue weighted by molar-refractivity contribution is 6.31. The Morgan fingerprint density at radius 3 is 2.61 bits per heavy atom. The van der Waals surface area contributed by atoms with Gasteiger partial charge in [-0.25, -0.2) is 0 Å². The number of carbonyl (C=O) groups is 2. The molecule has 0 atom stereocenters. The minimum atomic E-state index is -0.241. The molecule has 1 fully saturated rings. The van der Waals surface area contributed by atoms with E-state index in [1.165, 1.54) is 7.11 Å². The standard InChI is InChI=1S/C16H22ClN3O3/c1-10-7-13(14(23-2)8-12(10)17)19-15(21)9-20-5-3-11(4-6-20)16(18)22/h7-8,11H,3-6,9H2,1-2H3,(H2,18,22)(H,19,21)/p+1. The summed E-state index contributed by atoms with van der Waals surface area (Å²) in [5.41, 5.74) is 6.81. The molecule has 7 heteroatoms. The molecule has 0 saturated carbocycles. The summed E-state index contributed by atoms with van der Waals surface area (Å²) in [5, 5.41) is 3.47. The molecule has 2 rings (SSSR count). The van der Waals surface area contributed by atoms with Gasteiger partial charge in [-0.3, -0.25) is 9.59 Å². The number of quaternary nitrogens is 1. The Morgan fingerprint density at radius 2 is 2.04 bits per heavy atom. The van der Waals surface area contributed by atoms with Gasteiger partial charge in [-0.15, -0.1) is 0 Å².